The highest BCUT2D eigenvalue weighted by molar-refractivity contribution is 7.10. The van der Waals surface area contributed by atoms with Gasteiger partial charge in [0.2, 0.25) is 0 Å². The number of rotatable bonds is 7. The number of likely N-dealkylation sites (tertiary alicyclic amines) is 2. The number of nitrogens with zero attached hydrogens (tertiary/aromatic N) is 3. The maximum Gasteiger partial charge on any atom is 0.191 e. The van der Waals surface area contributed by atoms with Gasteiger partial charge in [-0.3, -0.25) is 14.8 Å². The molecule has 3 aliphatic heterocycles. The van der Waals surface area contributed by atoms with E-state index in [1.54, 1.807) is 0 Å². The Hall–Kier alpha value is -1.15. The quantitative estimate of drug-likeness (QED) is 0.526. The Morgan fingerprint density at radius 1 is 1.14 bits per heavy atom. The summed E-state index contributed by atoms with van der Waals surface area (Å²) in [6, 6.07) is 4.88. The van der Waals surface area contributed by atoms with Gasteiger partial charge in [0.05, 0.1) is 6.04 Å². The van der Waals surface area contributed by atoms with Crippen molar-refractivity contribution in [3.05, 3.63) is 22.4 Å². The molecule has 0 aromatic carbocycles. The van der Waals surface area contributed by atoms with Gasteiger partial charge in [-0.25, -0.2) is 0 Å². The Kier molecular flexibility index (Phi) is 7.45. The fourth-order valence-electron chi connectivity index (χ4n) is 5.15. The molecule has 0 aliphatic carbocycles. The topological polar surface area (TPSA) is 52.1 Å². The Morgan fingerprint density at radius 2 is 1.86 bits per heavy atom. The molecule has 162 valence electrons. The highest BCUT2D eigenvalue weighted by Crippen LogP contribution is 2.31. The number of guanidine groups is 1. The SMILES string of the molecule is CN=C(NCC(c1cccs1)N1CCCC1)NCC1(N2CCCC2)CCOCC1. The molecular formula is C22H37N5OS. The Morgan fingerprint density at radius 3 is 2.52 bits per heavy atom. The first kappa shape index (κ1) is 21.1. The molecule has 29 heavy (non-hydrogen) atoms. The van der Waals surface area contributed by atoms with E-state index in [-0.39, 0.29) is 5.54 Å². The molecular weight excluding hydrogens is 382 g/mol. The fraction of sp³-hybridized carbons (Fsp3) is 0.773. The third-order valence-corrected chi connectivity index (χ3v) is 7.90. The third kappa shape index (κ3) is 5.13. The summed E-state index contributed by atoms with van der Waals surface area (Å²) in [5.74, 6) is 0.927. The van der Waals surface area contributed by atoms with E-state index >= 15 is 0 Å². The molecule has 4 rings (SSSR count). The molecule has 0 radical (unpaired) electrons. The van der Waals surface area contributed by atoms with E-state index in [1.165, 1.54) is 56.7 Å². The molecule has 1 aromatic rings. The van der Waals surface area contributed by atoms with Crippen molar-refractivity contribution in [3.63, 3.8) is 0 Å². The molecule has 6 nitrogen and oxygen atoms in total. The van der Waals surface area contributed by atoms with Gasteiger partial charge in [-0.15, -0.1) is 11.3 Å². The zero-order valence-electron chi connectivity index (χ0n) is 17.9. The molecule has 0 spiro atoms. The lowest BCUT2D eigenvalue weighted by Crippen LogP contribution is -2.58. The van der Waals surface area contributed by atoms with Gasteiger partial charge in [0, 0.05) is 43.8 Å². The van der Waals surface area contributed by atoms with Crippen LogP contribution in [0.4, 0.5) is 0 Å². The first-order valence-corrected chi connectivity index (χ1v) is 12.2. The van der Waals surface area contributed by atoms with Gasteiger partial charge in [-0.1, -0.05) is 6.07 Å². The highest BCUT2D eigenvalue weighted by Gasteiger charge is 2.39. The average Bonchev–Trinajstić information content (AvgIpc) is 3.54. The van der Waals surface area contributed by atoms with Crippen molar-refractivity contribution in [1.29, 1.82) is 0 Å². The highest BCUT2D eigenvalue weighted by atomic mass is 32.1. The van der Waals surface area contributed by atoms with Crippen molar-refractivity contribution in [3.8, 4) is 0 Å². The van der Waals surface area contributed by atoms with Crippen molar-refractivity contribution >= 4 is 17.3 Å². The molecule has 7 heteroatoms. The standard InChI is InChI=1S/C22H37N5OS/c1-23-21(24-17-19(20-7-6-16-29-20)26-10-2-3-11-26)25-18-22(8-14-28-15-9-22)27-12-4-5-13-27/h6-7,16,19H,2-5,8-15,17-18H2,1H3,(H2,23,24,25). The van der Waals surface area contributed by atoms with Crippen molar-refractivity contribution in [2.24, 2.45) is 4.99 Å². The van der Waals surface area contributed by atoms with Crippen LogP contribution in [0.3, 0.4) is 0 Å². The van der Waals surface area contributed by atoms with E-state index < -0.39 is 0 Å². The van der Waals surface area contributed by atoms with Crippen LogP contribution in [0.1, 0.15) is 49.4 Å². The van der Waals surface area contributed by atoms with Crippen LogP contribution in [0.15, 0.2) is 22.5 Å². The summed E-state index contributed by atoms with van der Waals surface area (Å²) in [6.07, 6.45) is 7.51. The number of ether oxygens (including phenoxy) is 1. The maximum atomic E-state index is 5.69. The van der Waals surface area contributed by atoms with Crippen LogP contribution in [0.5, 0.6) is 0 Å². The van der Waals surface area contributed by atoms with Crippen LogP contribution >= 0.6 is 11.3 Å². The molecule has 0 bridgehead atoms. The van der Waals surface area contributed by atoms with Crippen LogP contribution in [-0.4, -0.2) is 80.8 Å². The Balaban J connectivity index is 1.35. The van der Waals surface area contributed by atoms with Crippen molar-refractivity contribution < 1.29 is 4.74 Å². The Labute approximate surface area is 179 Å². The first-order chi connectivity index (χ1) is 14.3. The normalized spacial score (nSPS) is 24.7. The lowest BCUT2D eigenvalue weighted by Gasteiger charge is -2.45. The number of hydrogen-bond donors (Lipinski definition) is 2. The average molecular weight is 420 g/mol. The van der Waals surface area contributed by atoms with Crippen LogP contribution < -0.4 is 10.6 Å². The number of thiophene rings is 1. The van der Waals surface area contributed by atoms with E-state index in [4.69, 9.17) is 4.74 Å². The van der Waals surface area contributed by atoms with E-state index in [2.05, 4.69) is 42.9 Å². The molecule has 3 fully saturated rings. The van der Waals surface area contributed by atoms with Crippen LogP contribution in [-0.2, 0) is 4.74 Å². The predicted octanol–water partition coefficient (Wildman–Crippen LogP) is 2.70. The summed E-state index contributed by atoms with van der Waals surface area (Å²) in [5.41, 5.74) is 0.217. The van der Waals surface area contributed by atoms with Crippen molar-refractivity contribution in [2.45, 2.75) is 50.1 Å². The molecule has 1 aromatic heterocycles. The molecule has 1 atom stereocenters. The molecule has 0 amide bonds. The van der Waals surface area contributed by atoms with E-state index in [0.29, 0.717) is 6.04 Å². The van der Waals surface area contributed by atoms with Crippen molar-refractivity contribution in [1.82, 2.24) is 20.4 Å². The summed E-state index contributed by atoms with van der Waals surface area (Å²) in [7, 11) is 1.89. The minimum atomic E-state index is 0.217. The number of nitrogens with one attached hydrogen (secondary N) is 2. The predicted molar refractivity (Wildman–Crippen MR) is 121 cm³/mol. The summed E-state index contributed by atoms with van der Waals surface area (Å²) in [6.45, 7) is 8.46. The molecule has 0 saturated carbocycles. The molecule has 4 heterocycles. The second-order valence-electron chi connectivity index (χ2n) is 8.61. The minimum absolute atomic E-state index is 0.217. The van der Waals surface area contributed by atoms with Gasteiger partial charge >= 0.3 is 0 Å². The molecule has 3 saturated heterocycles. The number of hydrogen-bond acceptors (Lipinski definition) is 5. The van der Waals surface area contributed by atoms with Gasteiger partial charge in [-0.2, -0.15) is 0 Å². The summed E-state index contributed by atoms with van der Waals surface area (Å²) >= 11 is 1.87. The second-order valence-corrected chi connectivity index (χ2v) is 9.59. The zero-order valence-corrected chi connectivity index (χ0v) is 18.7. The summed E-state index contributed by atoms with van der Waals surface area (Å²) in [4.78, 5) is 11.3. The van der Waals surface area contributed by atoms with Crippen molar-refractivity contribution in [2.75, 3.05) is 59.5 Å². The van der Waals surface area contributed by atoms with Crippen LogP contribution in [0.2, 0.25) is 0 Å². The first-order valence-electron chi connectivity index (χ1n) is 11.4. The van der Waals surface area contributed by atoms with Gasteiger partial charge in [-0.05, 0) is 76.2 Å². The van der Waals surface area contributed by atoms with Gasteiger partial charge < -0.3 is 15.4 Å². The second kappa shape index (κ2) is 10.2. The molecule has 3 aliphatic rings. The van der Waals surface area contributed by atoms with E-state index in [9.17, 15) is 0 Å². The fourth-order valence-corrected chi connectivity index (χ4v) is 6.01. The maximum absolute atomic E-state index is 5.69. The van der Waals surface area contributed by atoms with Crippen LogP contribution in [0, 0.1) is 0 Å². The van der Waals surface area contributed by atoms with Gasteiger partial charge in [0.1, 0.15) is 0 Å². The minimum Gasteiger partial charge on any atom is -0.381 e. The molecule has 2 N–H and O–H groups in total. The van der Waals surface area contributed by atoms with Gasteiger partial charge in [0.15, 0.2) is 5.96 Å². The zero-order chi connectivity index (χ0) is 19.9. The lowest BCUT2D eigenvalue weighted by atomic mass is 9.88. The largest absolute Gasteiger partial charge is 0.381 e. The lowest BCUT2D eigenvalue weighted by molar-refractivity contribution is -0.0164. The van der Waals surface area contributed by atoms with Crippen LogP contribution in [0.25, 0.3) is 0 Å². The molecule has 1 unspecified atom stereocenters. The number of aliphatic imine (C=N–C) groups is 1. The van der Waals surface area contributed by atoms with E-state index in [1.807, 2.05) is 18.4 Å². The smallest absolute Gasteiger partial charge is 0.191 e. The van der Waals surface area contributed by atoms with E-state index in [0.717, 1.165) is 45.1 Å². The summed E-state index contributed by atoms with van der Waals surface area (Å²) in [5, 5.41) is 9.50. The monoisotopic (exact) mass is 419 g/mol. The third-order valence-electron chi connectivity index (χ3n) is 6.92. The Bertz CT molecular complexity index is 632. The van der Waals surface area contributed by atoms with Gasteiger partial charge in [0.25, 0.3) is 0 Å². The summed E-state index contributed by atoms with van der Waals surface area (Å²) < 4.78 is 5.69.